The second kappa shape index (κ2) is 10.2. The van der Waals surface area contributed by atoms with Gasteiger partial charge in [0.25, 0.3) is 0 Å². The van der Waals surface area contributed by atoms with E-state index in [1.165, 1.54) is 11.1 Å². The summed E-state index contributed by atoms with van der Waals surface area (Å²) in [6.07, 6.45) is 13.9. The van der Waals surface area contributed by atoms with E-state index in [2.05, 4.69) is 62.5 Å². The predicted octanol–water partition coefficient (Wildman–Crippen LogP) is 5.12. The average molecular weight is 347 g/mol. The molecule has 1 aromatic heterocycles. The van der Waals surface area contributed by atoms with Crippen LogP contribution in [0.4, 0.5) is 0 Å². The molecule has 1 heterocycles. The zero-order valence-electron chi connectivity index (χ0n) is 13.3. The normalized spacial score (nSPS) is 12.4. The fourth-order valence-electron chi connectivity index (χ4n) is 1.84. The standard InChI is InChI=1S/C13H16N.4CH3.Ru/c1-13(2,3)12-9-14-8-11(12)10-6-4-5-7-10;;;;;/h4-7,9-10,14H,1-3H3;4*1H3;/q5*-1;+5. The molecule has 0 bridgehead atoms. The van der Waals surface area contributed by atoms with Gasteiger partial charge in [0.15, 0.2) is 0 Å². The Balaban J connectivity index is -0.000000225. The molecule has 0 unspecified atom stereocenters. The van der Waals surface area contributed by atoms with E-state index in [1.807, 2.05) is 0 Å². The zero-order chi connectivity index (χ0) is 10.2. The number of hydrogen-bond donors (Lipinski definition) is 1. The molecule has 0 amide bonds. The van der Waals surface area contributed by atoms with Crippen LogP contribution >= 0.6 is 0 Å². The second-order valence-corrected chi connectivity index (χ2v) is 4.79. The average Bonchev–Trinajstić information content (AvgIpc) is 2.73. The van der Waals surface area contributed by atoms with Crippen LogP contribution in [0.2, 0.25) is 0 Å². The van der Waals surface area contributed by atoms with Crippen molar-refractivity contribution in [3.05, 3.63) is 77.5 Å². The summed E-state index contributed by atoms with van der Waals surface area (Å²) in [4.78, 5) is 3.09. The molecule has 0 spiro atoms. The number of aromatic amines is 1. The number of aromatic nitrogens is 1. The first kappa shape index (κ1) is 26.9. The molecular formula is C17H28NRu. The maximum absolute atomic E-state index is 3.23. The summed E-state index contributed by atoms with van der Waals surface area (Å²) in [5.74, 6) is 0.412. The summed E-state index contributed by atoms with van der Waals surface area (Å²) in [5, 5.41) is 0. The molecule has 1 aliphatic carbocycles. The van der Waals surface area contributed by atoms with Crippen molar-refractivity contribution in [3.63, 3.8) is 0 Å². The van der Waals surface area contributed by atoms with Gasteiger partial charge in [0.1, 0.15) is 0 Å². The Labute approximate surface area is 134 Å². The van der Waals surface area contributed by atoms with E-state index in [9.17, 15) is 0 Å². The minimum atomic E-state index is 0. The molecule has 2 heteroatoms. The topological polar surface area (TPSA) is 15.8 Å². The largest absolute Gasteiger partial charge is 5.00 e. The molecule has 1 radical (unpaired) electrons. The van der Waals surface area contributed by atoms with Crippen molar-refractivity contribution < 1.29 is 19.5 Å². The van der Waals surface area contributed by atoms with Gasteiger partial charge in [-0.15, -0.1) is 18.0 Å². The zero-order valence-corrected chi connectivity index (χ0v) is 15.1. The molecule has 0 aromatic carbocycles. The summed E-state index contributed by atoms with van der Waals surface area (Å²) in [5.41, 5.74) is 2.83. The third kappa shape index (κ3) is 5.91. The molecule has 0 fully saturated rings. The van der Waals surface area contributed by atoms with Gasteiger partial charge in [0.05, 0.1) is 0 Å². The van der Waals surface area contributed by atoms with E-state index in [0.29, 0.717) is 5.92 Å². The van der Waals surface area contributed by atoms with Gasteiger partial charge < -0.3 is 34.7 Å². The number of allylic oxidation sites excluding steroid dienone is 4. The van der Waals surface area contributed by atoms with Crippen molar-refractivity contribution in [2.75, 3.05) is 0 Å². The number of hydrogen-bond acceptors (Lipinski definition) is 0. The number of H-pyrrole nitrogens is 1. The van der Waals surface area contributed by atoms with E-state index in [0.717, 1.165) is 0 Å². The molecule has 0 atom stereocenters. The van der Waals surface area contributed by atoms with Crippen LogP contribution in [0.15, 0.2) is 30.5 Å². The molecule has 1 nitrogen and oxygen atoms in total. The summed E-state index contributed by atoms with van der Waals surface area (Å²) in [7, 11) is 0. The maximum Gasteiger partial charge on any atom is 5.00 e. The summed E-state index contributed by atoms with van der Waals surface area (Å²) >= 11 is 0. The van der Waals surface area contributed by atoms with E-state index >= 15 is 0 Å². The molecule has 1 aliphatic rings. The SMILES string of the molecule is CC(C)(C)c1c[nH][c-]c1C1C=CC=C1.[CH3-].[CH3-].[CH3-].[CH3-].[Ru+5]. The molecule has 0 saturated carbocycles. The summed E-state index contributed by atoms with van der Waals surface area (Å²) in [6, 6.07) is 0. The monoisotopic (exact) mass is 348 g/mol. The van der Waals surface area contributed by atoms with Crippen molar-refractivity contribution in [2.24, 2.45) is 0 Å². The second-order valence-electron chi connectivity index (χ2n) is 4.79. The molecule has 109 valence electrons. The summed E-state index contributed by atoms with van der Waals surface area (Å²) < 4.78 is 0. The van der Waals surface area contributed by atoms with Crippen molar-refractivity contribution in [1.82, 2.24) is 4.98 Å². The first-order valence-electron chi connectivity index (χ1n) is 5.03. The van der Waals surface area contributed by atoms with Crippen LogP contribution < -0.4 is 0 Å². The van der Waals surface area contributed by atoms with Crippen LogP contribution in [0.5, 0.6) is 0 Å². The molecule has 1 N–H and O–H groups in total. The van der Waals surface area contributed by atoms with E-state index in [4.69, 9.17) is 0 Å². The molecule has 1 aromatic rings. The van der Waals surface area contributed by atoms with Gasteiger partial charge in [-0.25, -0.2) is 0 Å². The third-order valence-electron chi connectivity index (χ3n) is 2.60. The van der Waals surface area contributed by atoms with Crippen LogP contribution in [0.25, 0.3) is 0 Å². The van der Waals surface area contributed by atoms with Gasteiger partial charge in [0, 0.05) is 0 Å². The minimum Gasteiger partial charge on any atom is -0.484 e. The van der Waals surface area contributed by atoms with E-state index in [-0.39, 0.29) is 54.6 Å². The van der Waals surface area contributed by atoms with E-state index in [1.54, 1.807) is 0 Å². The fourth-order valence-corrected chi connectivity index (χ4v) is 1.84. The fraction of sp³-hybridized carbons (Fsp3) is 0.294. The van der Waals surface area contributed by atoms with E-state index < -0.39 is 0 Å². The summed E-state index contributed by atoms with van der Waals surface area (Å²) in [6.45, 7) is 6.70. The van der Waals surface area contributed by atoms with Crippen molar-refractivity contribution in [1.29, 1.82) is 0 Å². The van der Waals surface area contributed by atoms with Crippen molar-refractivity contribution >= 4 is 0 Å². The van der Waals surface area contributed by atoms with Gasteiger partial charge in [0.2, 0.25) is 0 Å². The van der Waals surface area contributed by atoms with Gasteiger partial charge in [-0.05, 0) is 5.92 Å². The minimum absolute atomic E-state index is 0. The smallest absolute Gasteiger partial charge is 0.484 e. The third-order valence-corrected chi connectivity index (χ3v) is 2.60. The Morgan fingerprint density at radius 2 is 1.47 bits per heavy atom. The number of rotatable bonds is 1. The predicted molar refractivity (Wildman–Crippen MR) is 85.0 cm³/mol. The van der Waals surface area contributed by atoms with Crippen LogP contribution in [0.3, 0.4) is 0 Å². The van der Waals surface area contributed by atoms with Gasteiger partial charge in [-0.1, -0.05) is 50.5 Å². The van der Waals surface area contributed by atoms with Gasteiger partial charge in [-0.2, -0.15) is 5.56 Å². The first-order valence-corrected chi connectivity index (χ1v) is 5.03. The van der Waals surface area contributed by atoms with Crippen LogP contribution in [0, 0.1) is 35.9 Å². The maximum atomic E-state index is 3.23. The van der Waals surface area contributed by atoms with Crippen molar-refractivity contribution in [2.45, 2.75) is 32.1 Å². The van der Waals surface area contributed by atoms with Crippen LogP contribution in [0.1, 0.15) is 37.8 Å². The Hall–Kier alpha value is -0.617. The van der Waals surface area contributed by atoms with Crippen molar-refractivity contribution in [3.8, 4) is 0 Å². The molecule has 0 aliphatic heterocycles. The Morgan fingerprint density at radius 1 is 1.00 bits per heavy atom. The van der Waals surface area contributed by atoms with Crippen LogP contribution in [-0.2, 0) is 24.9 Å². The van der Waals surface area contributed by atoms with Gasteiger partial charge >= 0.3 is 19.5 Å². The van der Waals surface area contributed by atoms with Crippen LogP contribution in [-0.4, -0.2) is 4.98 Å². The number of nitrogens with one attached hydrogen (secondary N) is 1. The molecule has 0 saturated heterocycles. The molecular weight excluding hydrogens is 319 g/mol. The quantitative estimate of drug-likeness (QED) is 0.536. The Kier molecular flexibility index (Phi) is 14.4. The molecule has 19 heavy (non-hydrogen) atoms. The first-order chi connectivity index (χ1) is 6.59. The van der Waals surface area contributed by atoms with Gasteiger partial charge in [-0.3, -0.25) is 0 Å². The Morgan fingerprint density at radius 3 is 1.89 bits per heavy atom. The molecule has 2 rings (SSSR count). The Bertz CT molecular complexity index is 368.